The number of aliphatic imine (C=N–C) groups is 1. The number of nitrogens with one attached hydrogen (secondary N) is 1. The highest BCUT2D eigenvalue weighted by atomic mass is 32.2. The molecule has 0 saturated heterocycles. The highest BCUT2D eigenvalue weighted by Gasteiger charge is 2.34. The quantitative estimate of drug-likeness (QED) is 0.366. The maximum atomic E-state index is 12.9. The number of halogens is 3. The monoisotopic (exact) mass is 491 g/mol. The summed E-state index contributed by atoms with van der Waals surface area (Å²) in [5, 5.41) is 24.9. The van der Waals surface area contributed by atoms with Crippen LogP contribution in [0.3, 0.4) is 0 Å². The SMILES string of the molecule is COc1cc(C=C2C(=N)N3N=CSC3=NC2=O)ccc1Oc1ccc(C(F)(F)F)cc1[N+](=O)[O-]. The Balaban J connectivity index is 1.66. The molecule has 0 radical (unpaired) electrons. The van der Waals surface area contributed by atoms with Gasteiger partial charge in [0.05, 0.1) is 28.7 Å². The molecule has 0 aliphatic carbocycles. The van der Waals surface area contributed by atoms with Gasteiger partial charge in [0.1, 0.15) is 0 Å². The third kappa shape index (κ3) is 4.34. The lowest BCUT2D eigenvalue weighted by Gasteiger charge is -2.20. The predicted molar refractivity (Wildman–Crippen MR) is 117 cm³/mol. The molecule has 2 heterocycles. The molecule has 2 aromatic carbocycles. The van der Waals surface area contributed by atoms with E-state index < -0.39 is 34.0 Å². The second-order valence-corrected chi connectivity index (χ2v) is 7.52. The van der Waals surface area contributed by atoms with E-state index in [9.17, 15) is 28.1 Å². The van der Waals surface area contributed by atoms with Crippen molar-refractivity contribution in [3.8, 4) is 17.2 Å². The van der Waals surface area contributed by atoms with Crippen LogP contribution in [0.5, 0.6) is 17.2 Å². The summed E-state index contributed by atoms with van der Waals surface area (Å²) in [6, 6.07) is 6.17. The number of carbonyl (C=O) groups is 1. The smallest absolute Gasteiger partial charge is 0.416 e. The molecule has 14 heteroatoms. The molecule has 0 unspecified atom stereocenters. The van der Waals surface area contributed by atoms with Gasteiger partial charge < -0.3 is 9.47 Å². The summed E-state index contributed by atoms with van der Waals surface area (Å²) in [4.78, 5) is 26.5. The van der Waals surface area contributed by atoms with Crippen molar-refractivity contribution in [2.24, 2.45) is 10.1 Å². The van der Waals surface area contributed by atoms with Gasteiger partial charge >= 0.3 is 11.9 Å². The number of carbonyl (C=O) groups excluding carboxylic acids is 1. The zero-order valence-corrected chi connectivity index (χ0v) is 17.8. The number of rotatable bonds is 5. The molecule has 174 valence electrons. The van der Waals surface area contributed by atoms with E-state index in [2.05, 4.69) is 10.1 Å². The number of hydrazone groups is 1. The first-order chi connectivity index (χ1) is 16.1. The van der Waals surface area contributed by atoms with Gasteiger partial charge in [0.25, 0.3) is 5.91 Å². The number of nitro benzene ring substituents is 1. The Morgan fingerprint density at radius 3 is 2.59 bits per heavy atom. The molecule has 0 saturated carbocycles. The van der Waals surface area contributed by atoms with Crippen LogP contribution in [0.1, 0.15) is 11.1 Å². The molecule has 2 aliphatic rings. The lowest BCUT2D eigenvalue weighted by Crippen LogP contribution is -2.35. The van der Waals surface area contributed by atoms with E-state index in [0.29, 0.717) is 17.7 Å². The number of thioether (sulfide) groups is 1. The van der Waals surface area contributed by atoms with Gasteiger partial charge in [-0.15, -0.1) is 0 Å². The standard InChI is InChI=1S/C20H12F3N5O5S/c1-32-16-7-10(6-12-17(24)27-19(26-18(12)29)34-9-25-27)2-4-15(16)33-14-5-3-11(20(21,22)23)8-13(14)28(30)31/h2-9,24H,1H3. The highest BCUT2D eigenvalue weighted by Crippen LogP contribution is 2.40. The first kappa shape index (κ1) is 23.0. The average molecular weight is 491 g/mol. The van der Waals surface area contributed by atoms with E-state index in [1.807, 2.05) is 0 Å². The molecule has 2 aromatic rings. The molecule has 0 fully saturated rings. The third-order valence-corrected chi connectivity index (χ3v) is 5.27. The summed E-state index contributed by atoms with van der Waals surface area (Å²) >= 11 is 1.10. The van der Waals surface area contributed by atoms with E-state index >= 15 is 0 Å². The Morgan fingerprint density at radius 2 is 1.91 bits per heavy atom. The van der Waals surface area contributed by atoms with Gasteiger partial charge in [0.15, 0.2) is 22.5 Å². The largest absolute Gasteiger partial charge is 0.493 e. The van der Waals surface area contributed by atoms with Crippen LogP contribution in [-0.2, 0) is 11.0 Å². The van der Waals surface area contributed by atoms with Crippen molar-refractivity contribution in [1.82, 2.24) is 5.01 Å². The van der Waals surface area contributed by atoms with E-state index in [1.54, 1.807) is 0 Å². The van der Waals surface area contributed by atoms with Gasteiger partial charge in [-0.1, -0.05) is 6.07 Å². The Morgan fingerprint density at radius 1 is 1.18 bits per heavy atom. The zero-order chi connectivity index (χ0) is 24.6. The van der Waals surface area contributed by atoms with E-state index in [0.717, 1.165) is 17.8 Å². The molecule has 10 nitrogen and oxygen atoms in total. The van der Waals surface area contributed by atoms with Crippen LogP contribution >= 0.6 is 11.8 Å². The van der Waals surface area contributed by atoms with E-state index in [4.69, 9.17) is 14.9 Å². The van der Waals surface area contributed by atoms with Gasteiger partial charge in [-0.3, -0.25) is 20.3 Å². The molecule has 0 aromatic heterocycles. The topological polar surface area (TPSA) is 130 Å². The molecule has 1 N–H and O–H groups in total. The molecule has 34 heavy (non-hydrogen) atoms. The second-order valence-electron chi connectivity index (χ2n) is 6.71. The van der Waals surface area contributed by atoms with Crippen molar-refractivity contribution < 1.29 is 32.4 Å². The van der Waals surface area contributed by atoms with Crippen LogP contribution in [0.25, 0.3) is 6.08 Å². The molecule has 1 amide bonds. The first-order valence-corrected chi connectivity index (χ1v) is 10.1. The Hall–Kier alpha value is -4.20. The van der Waals surface area contributed by atoms with Crippen LogP contribution in [-0.4, -0.2) is 39.5 Å². The average Bonchev–Trinajstić information content (AvgIpc) is 3.25. The van der Waals surface area contributed by atoms with Crippen molar-refractivity contribution >= 4 is 46.0 Å². The van der Waals surface area contributed by atoms with Gasteiger partial charge in [-0.25, -0.2) is 0 Å². The number of hydrogen-bond donors (Lipinski definition) is 1. The number of fused-ring (bicyclic) bond motifs is 1. The second kappa shape index (κ2) is 8.62. The van der Waals surface area contributed by atoms with Crippen LogP contribution in [0, 0.1) is 15.5 Å². The van der Waals surface area contributed by atoms with E-state index in [-0.39, 0.29) is 28.1 Å². The number of hydrogen-bond acceptors (Lipinski definition) is 8. The minimum absolute atomic E-state index is 0.0154. The summed E-state index contributed by atoms with van der Waals surface area (Å²) in [5.74, 6) is -1.15. The maximum Gasteiger partial charge on any atom is 0.416 e. The number of nitrogens with zero attached hydrogens (tertiary/aromatic N) is 4. The number of nitro groups is 1. The zero-order valence-electron chi connectivity index (χ0n) is 17.0. The number of alkyl halides is 3. The number of amides is 1. The highest BCUT2D eigenvalue weighted by molar-refractivity contribution is 8.25. The fourth-order valence-electron chi connectivity index (χ4n) is 3.00. The molecule has 0 atom stereocenters. The number of benzene rings is 2. The molecular formula is C20H12F3N5O5S. The van der Waals surface area contributed by atoms with Crippen molar-refractivity contribution in [3.05, 3.63) is 63.2 Å². The number of ether oxygens (including phenoxy) is 2. The van der Waals surface area contributed by atoms with Crippen LogP contribution in [0.2, 0.25) is 0 Å². The Labute approximate surface area is 193 Å². The Bertz CT molecular complexity index is 1320. The lowest BCUT2D eigenvalue weighted by atomic mass is 10.1. The Kier molecular flexibility index (Phi) is 5.83. The van der Waals surface area contributed by atoms with Crippen LogP contribution in [0.15, 0.2) is 52.1 Å². The van der Waals surface area contributed by atoms with Crippen molar-refractivity contribution in [3.63, 3.8) is 0 Å². The number of amidine groups is 2. The molecule has 4 rings (SSSR count). The normalized spacial score (nSPS) is 16.5. The molecule has 2 aliphatic heterocycles. The van der Waals surface area contributed by atoms with Crippen LogP contribution in [0.4, 0.5) is 18.9 Å². The summed E-state index contributed by atoms with van der Waals surface area (Å²) in [6.45, 7) is 0. The maximum absolute atomic E-state index is 12.9. The van der Waals surface area contributed by atoms with Gasteiger partial charge in [-0.05, 0) is 47.7 Å². The fraction of sp³-hybridized carbons (Fsp3) is 0.100. The minimum atomic E-state index is -4.76. The van der Waals surface area contributed by atoms with Gasteiger partial charge in [-0.2, -0.15) is 28.3 Å². The summed E-state index contributed by atoms with van der Waals surface area (Å²) in [5.41, 5.74) is -0.237. The summed E-state index contributed by atoms with van der Waals surface area (Å²) in [6.07, 6.45) is -3.37. The lowest BCUT2D eigenvalue weighted by molar-refractivity contribution is -0.385. The number of methoxy groups -OCH3 is 1. The summed E-state index contributed by atoms with van der Waals surface area (Å²) in [7, 11) is 1.29. The predicted octanol–water partition coefficient (Wildman–Crippen LogP) is 4.66. The fourth-order valence-corrected chi connectivity index (χ4v) is 3.61. The summed E-state index contributed by atoms with van der Waals surface area (Å²) < 4.78 is 49.5. The molecule has 0 spiro atoms. The van der Waals surface area contributed by atoms with Crippen molar-refractivity contribution in [2.75, 3.05) is 7.11 Å². The van der Waals surface area contributed by atoms with Crippen molar-refractivity contribution in [2.45, 2.75) is 6.18 Å². The van der Waals surface area contributed by atoms with Gasteiger partial charge in [0.2, 0.25) is 5.75 Å². The van der Waals surface area contributed by atoms with Gasteiger partial charge in [0, 0.05) is 6.07 Å². The van der Waals surface area contributed by atoms with Crippen LogP contribution < -0.4 is 9.47 Å². The molecular weight excluding hydrogens is 479 g/mol. The molecule has 0 bridgehead atoms. The first-order valence-electron chi connectivity index (χ1n) is 9.23. The van der Waals surface area contributed by atoms with Crippen molar-refractivity contribution in [1.29, 1.82) is 5.41 Å². The minimum Gasteiger partial charge on any atom is -0.493 e. The third-order valence-electron chi connectivity index (χ3n) is 4.60. The van der Waals surface area contributed by atoms with E-state index in [1.165, 1.54) is 41.9 Å².